The molecule has 4 unspecified atom stereocenters. The van der Waals surface area contributed by atoms with Crippen molar-refractivity contribution >= 4 is 6.01 Å². The van der Waals surface area contributed by atoms with E-state index in [1.807, 2.05) is 6.92 Å². The number of hydrogen-bond donors (Lipinski definition) is 2. The lowest BCUT2D eigenvalue weighted by Crippen LogP contribution is -2.33. The molecule has 5 nitrogen and oxygen atoms in total. The number of hydrogen-bond acceptors (Lipinski definition) is 5. The quantitative estimate of drug-likeness (QED) is 0.858. The summed E-state index contributed by atoms with van der Waals surface area (Å²) in [5.41, 5.74) is 0. The lowest BCUT2D eigenvalue weighted by molar-refractivity contribution is 0.272. The van der Waals surface area contributed by atoms with Crippen LogP contribution in [0.15, 0.2) is 4.42 Å². The fraction of sp³-hybridized carbons (Fsp3) is 0.857. The third-order valence-corrected chi connectivity index (χ3v) is 4.06. The summed E-state index contributed by atoms with van der Waals surface area (Å²) >= 11 is 0. The average molecular weight is 266 g/mol. The first-order valence-electron chi connectivity index (χ1n) is 7.43. The minimum Gasteiger partial charge on any atom is -0.406 e. The fourth-order valence-electron chi connectivity index (χ4n) is 2.90. The van der Waals surface area contributed by atoms with Gasteiger partial charge in [-0.05, 0) is 44.6 Å². The highest BCUT2D eigenvalue weighted by molar-refractivity contribution is 5.20. The Morgan fingerprint density at radius 3 is 2.79 bits per heavy atom. The summed E-state index contributed by atoms with van der Waals surface area (Å²) in [7, 11) is 0. The molecule has 2 rings (SSSR count). The zero-order chi connectivity index (χ0) is 13.8. The maximum absolute atomic E-state index is 5.68. The third kappa shape index (κ3) is 3.69. The fourth-order valence-corrected chi connectivity index (χ4v) is 2.90. The largest absolute Gasteiger partial charge is 0.406 e. The first kappa shape index (κ1) is 14.3. The smallest absolute Gasteiger partial charge is 0.315 e. The molecule has 0 aromatic carbocycles. The Hall–Kier alpha value is -1.10. The number of nitrogens with zero attached hydrogens (tertiary/aromatic N) is 2. The van der Waals surface area contributed by atoms with E-state index in [0.29, 0.717) is 23.9 Å². The van der Waals surface area contributed by atoms with Gasteiger partial charge in [-0.25, -0.2) is 0 Å². The van der Waals surface area contributed by atoms with Crippen molar-refractivity contribution in [1.82, 2.24) is 15.5 Å². The molecule has 1 saturated carbocycles. The van der Waals surface area contributed by atoms with E-state index in [4.69, 9.17) is 4.42 Å². The van der Waals surface area contributed by atoms with Gasteiger partial charge in [-0.15, -0.1) is 5.10 Å². The molecule has 0 bridgehead atoms. The molecule has 0 saturated heterocycles. The summed E-state index contributed by atoms with van der Waals surface area (Å²) in [6.07, 6.45) is 3.73. The zero-order valence-electron chi connectivity index (χ0n) is 12.4. The Kier molecular flexibility index (Phi) is 4.80. The summed E-state index contributed by atoms with van der Waals surface area (Å²) in [5, 5.41) is 14.9. The molecule has 1 aromatic heterocycles. The van der Waals surface area contributed by atoms with Gasteiger partial charge in [0.1, 0.15) is 0 Å². The Morgan fingerprint density at radius 2 is 2.11 bits per heavy atom. The molecule has 5 heteroatoms. The van der Waals surface area contributed by atoms with Crippen molar-refractivity contribution in [2.45, 2.75) is 59.0 Å². The molecule has 108 valence electrons. The first-order valence-corrected chi connectivity index (χ1v) is 7.43. The summed E-state index contributed by atoms with van der Waals surface area (Å²) in [5.74, 6) is 2.14. The van der Waals surface area contributed by atoms with E-state index in [9.17, 15) is 0 Å². The normalized spacial score (nSPS) is 29.2. The maximum Gasteiger partial charge on any atom is 0.315 e. The summed E-state index contributed by atoms with van der Waals surface area (Å²) in [4.78, 5) is 0. The van der Waals surface area contributed by atoms with Crippen LogP contribution in [0.25, 0.3) is 0 Å². The molecule has 19 heavy (non-hydrogen) atoms. The summed E-state index contributed by atoms with van der Waals surface area (Å²) < 4.78 is 5.68. The molecule has 1 aliphatic rings. The molecule has 0 spiro atoms. The second-order valence-corrected chi connectivity index (χ2v) is 5.87. The van der Waals surface area contributed by atoms with E-state index in [0.717, 1.165) is 12.5 Å². The van der Waals surface area contributed by atoms with Crippen LogP contribution in [0, 0.1) is 11.8 Å². The van der Waals surface area contributed by atoms with Gasteiger partial charge in [-0.3, -0.25) is 0 Å². The van der Waals surface area contributed by atoms with Crippen LogP contribution in [-0.2, 0) is 0 Å². The zero-order valence-corrected chi connectivity index (χ0v) is 12.4. The second kappa shape index (κ2) is 6.37. The van der Waals surface area contributed by atoms with Crippen molar-refractivity contribution in [3.05, 3.63) is 5.89 Å². The molecule has 4 atom stereocenters. The van der Waals surface area contributed by atoms with Gasteiger partial charge < -0.3 is 15.1 Å². The van der Waals surface area contributed by atoms with Crippen molar-refractivity contribution in [2.24, 2.45) is 11.8 Å². The Bertz CT molecular complexity index is 393. The van der Waals surface area contributed by atoms with Crippen LogP contribution in [0.3, 0.4) is 0 Å². The van der Waals surface area contributed by atoms with Gasteiger partial charge in [0.15, 0.2) is 0 Å². The Balaban J connectivity index is 1.92. The first-order chi connectivity index (χ1) is 9.10. The Labute approximate surface area is 115 Å². The minimum absolute atomic E-state index is 0.108. The lowest BCUT2D eigenvalue weighted by atomic mass is 9.80. The van der Waals surface area contributed by atoms with Gasteiger partial charge in [-0.2, -0.15) is 0 Å². The van der Waals surface area contributed by atoms with Crippen molar-refractivity contribution in [3.8, 4) is 0 Å². The predicted molar refractivity (Wildman–Crippen MR) is 76.0 cm³/mol. The highest BCUT2D eigenvalue weighted by atomic mass is 16.4. The number of nitrogens with one attached hydrogen (secondary N) is 2. The van der Waals surface area contributed by atoms with E-state index in [1.54, 1.807) is 0 Å². The highest BCUT2D eigenvalue weighted by Gasteiger charge is 2.26. The van der Waals surface area contributed by atoms with Crippen LogP contribution in [0.5, 0.6) is 0 Å². The van der Waals surface area contributed by atoms with Crippen molar-refractivity contribution in [2.75, 3.05) is 11.9 Å². The van der Waals surface area contributed by atoms with E-state index in [-0.39, 0.29) is 6.04 Å². The average Bonchev–Trinajstić information content (AvgIpc) is 2.82. The van der Waals surface area contributed by atoms with Crippen LogP contribution in [0.2, 0.25) is 0 Å². The molecule has 1 aromatic rings. The van der Waals surface area contributed by atoms with E-state index in [2.05, 4.69) is 41.6 Å². The molecule has 2 N–H and O–H groups in total. The van der Waals surface area contributed by atoms with Crippen molar-refractivity contribution in [3.63, 3.8) is 0 Å². The van der Waals surface area contributed by atoms with Gasteiger partial charge in [0.05, 0.1) is 6.04 Å². The third-order valence-electron chi connectivity index (χ3n) is 4.06. The van der Waals surface area contributed by atoms with Crippen molar-refractivity contribution in [1.29, 1.82) is 0 Å². The van der Waals surface area contributed by atoms with E-state index >= 15 is 0 Å². The summed E-state index contributed by atoms with van der Waals surface area (Å²) in [6.45, 7) is 9.62. The molecule has 1 fully saturated rings. The number of anilines is 1. The highest BCUT2D eigenvalue weighted by Crippen LogP contribution is 2.30. The van der Waals surface area contributed by atoms with Gasteiger partial charge in [0, 0.05) is 6.04 Å². The second-order valence-electron chi connectivity index (χ2n) is 5.87. The number of aromatic nitrogens is 2. The molecule has 1 heterocycles. The predicted octanol–water partition coefficient (Wildman–Crippen LogP) is 2.98. The van der Waals surface area contributed by atoms with Gasteiger partial charge in [-0.1, -0.05) is 25.9 Å². The van der Waals surface area contributed by atoms with Crippen LogP contribution in [0.1, 0.15) is 58.9 Å². The standard InChI is InChI=1S/C14H26N4O/c1-5-15-11(4)13-17-18-14(19-13)16-12-7-6-9(2)8-10(12)3/h9-12,15H,5-8H2,1-4H3,(H,16,18). The monoisotopic (exact) mass is 266 g/mol. The number of rotatable bonds is 5. The maximum atomic E-state index is 5.68. The lowest BCUT2D eigenvalue weighted by Gasteiger charge is -2.32. The van der Waals surface area contributed by atoms with Gasteiger partial charge >= 0.3 is 6.01 Å². The summed E-state index contributed by atoms with van der Waals surface area (Å²) in [6, 6.07) is 1.13. The molecular weight excluding hydrogens is 240 g/mol. The molecular formula is C14H26N4O. The van der Waals surface area contributed by atoms with Gasteiger partial charge in [0.2, 0.25) is 5.89 Å². The van der Waals surface area contributed by atoms with E-state index in [1.165, 1.54) is 19.3 Å². The minimum atomic E-state index is 0.108. The van der Waals surface area contributed by atoms with Crippen molar-refractivity contribution < 1.29 is 4.42 Å². The molecule has 1 aliphatic carbocycles. The van der Waals surface area contributed by atoms with Crippen LogP contribution < -0.4 is 10.6 Å². The SMILES string of the molecule is CCNC(C)c1nnc(NC2CCC(C)CC2C)o1. The molecule has 0 amide bonds. The topological polar surface area (TPSA) is 63.0 Å². The molecule has 0 aliphatic heterocycles. The Morgan fingerprint density at radius 1 is 1.32 bits per heavy atom. The van der Waals surface area contributed by atoms with E-state index < -0.39 is 0 Å². The molecule has 0 radical (unpaired) electrons. The van der Waals surface area contributed by atoms with Crippen LogP contribution in [0.4, 0.5) is 6.01 Å². The van der Waals surface area contributed by atoms with Crippen LogP contribution >= 0.6 is 0 Å². The van der Waals surface area contributed by atoms with Crippen LogP contribution in [-0.4, -0.2) is 22.8 Å². The van der Waals surface area contributed by atoms with Gasteiger partial charge in [0.25, 0.3) is 0 Å².